The highest BCUT2D eigenvalue weighted by atomic mass is 35.5. The van der Waals surface area contributed by atoms with Gasteiger partial charge in [-0.1, -0.05) is 54.1 Å². The Bertz CT molecular complexity index is 1160. The molecule has 0 aliphatic carbocycles. The SMILES string of the molecule is O=S(c1ccccc1)c1ccc(C(Cn2ccnc2)S(=O)Cc2ccc(Cl)cc2)cc1. The first-order valence-electron chi connectivity index (χ1n) is 9.74. The predicted octanol–water partition coefficient (Wildman–Crippen LogP) is 5.39. The summed E-state index contributed by atoms with van der Waals surface area (Å²) >= 11 is 5.98. The van der Waals surface area contributed by atoms with E-state index in [1.165, 1.54) is 0 Å². The second-order valence-corrected chi connectivity index (χ2v) is 10.6. The molecule has 0 spiro atoms. The summed E-state index contributed by atoms with van der Waals surface area (Å²) in [5, 5.41) is 0.426. The van der Waals surface area contributed by atoms with Crippen LogP contribution in [0.15, 0.2) is 107 Å². The molecule has 0 aliphatic rings. The zero-order chi connectivity index (χ0) is 21.6. The van der Waals surface area contributed by atoms with Gasteiger partial charge in [-0.3, -0.25) is 4.21 Å². The molecule has 158 valence electrons. The van der Waals surface area contributed by atoms with Crippen LogP contribution in [0.2, 0.25) is 5.02 Å². The average Bonchev–Trinajstić information content (AvgIpc) is 3.32. The van der Waals surface area contributed by atoms with Crippen LogP contribution in [0.1, 0.15) is 16.4 Å². The Morgan fingerprint density at radius 3 is 2.19 bits per heavy atom. The fourth-order valence-electron chi connectivity index (χ4n) is 3.26. The van der Waals surface area contributed by atoms with Crippen molar-refractivity contribution in [3.05, 3.63) is 114 Å². The van der Waals surface area contributed by atoms with Gasteiger partial charge in [0.25, 0.3) is 0 Å². The van der Waals surface area contributed by atoms with E-state index in [2.05, 4.69) is 4.98 Å². The number of nitrogens with zero attached hydrogens (tertiary/aromatic N) is 2. The molecule has 0 bridgehead atoms. The Morgan fingerprint density at radius 1 is 0.871 bits per heavy atom. The van der Waals surface area contributed by atoms with Crippen LogP contribution in [-0.4, -0.2) is 18.0 Å². The van der Waals surface area contributed by atoms with E-state index in [0.717, 1.165) is 20.9 Å². The van der Waals surface area contributed by atoms with Gasteiger partial charge in [-0.25, -0.2) is 9.19 Å². The lowest BCUT2D eigenvalue weighted by atomic mass is 10.1. The summed E-state index contributed by atoms with van der Waals surface area (Å²) in [6.45, 7) is 0.543. The summed E-state index contributed by atoms with van der Waals surface area (Å²) < 4.78 is 28.1. The number of rotatable bonds is 8. The third kappa shape index (κ3) is 5.58. The first-order valence-corrected chi connectivity index (χ1v) is 12.7. The summed E-state index contributed by atoms with van der Waals surface area (Å²) in [5.74, 6) is 0.425. The van der Waals surface area contributed by atoms with Crippen LogP contribution in [-0.2, 0) is 33.9 Å². The van der Waals surface area contributed by atoms with E-state index in [4.69, 9.17) is 11.6 Å². The molecule has 0 aliphatic heterocycles. The Balaban J connectivity index is 1.58. The maximum Gasteiger partial charge on any atom is 0.0946 e. The van der Waals surface area contributed by atoms with Gasteiger partial charge in [-0.05, 0) is 47.5 Å². The van der Waals surface area contributed by atoms with Crippen LogP contribution in [0.25, 0.3) is 0 Å². The molecule has 0 amide bonds. The number of benzene rings is 3. The number of halogens is 1. The second-order valence-electron chi connectivity index (χ2n) is 7.05. The molecule has 3 unspecified atom stereocenters. The summed E-state index contributed by atoms with van der Waals surface area (Å²) in [5.41, 5.74) is 1.91. The Hall–Kier alpha value is -2.54. The van der Waals surface area contributed by atoms with Crippen molar-refractivity contribution in [2.24, 2.45) is 0 Å². The van der Waals surface area contributed by atoms with Gasteiger partial charge in [0.05, 0.1) is 22.4 Å². The van der Waals surface area contributed by atoms with Crippen molar-refractivity contribution in [3.8, 4) is 0 Å². The van der Waals surface area contributed by atoms with Gasteiger partial charge >= 0.3 is 0 Å². The largest absolute Gasteiger partial charge is 0.336 e. The normalized spacial score (nSPS) is 14.1. The molecule has 3 aromatic carbocycles. The van der Waals surface area contributed by atoms with Gasteiger partial charge in [0.1, 0.15) is 0 Å². The topological polar surface area (TPSA) is 52.0 Å². The molecule has 0 fully saturated rings. The quantitative estimate of drug-likeness (QED) is 0.348. The highest BCUT2D eigenvalue weighted by Gasteiger charge is 2.21. The lowest BCUT2D eigenvalue weighted by molar-refractivity contribution is 0.633. The molecule has 0 saturated heterocycles. The highest BCUT2D eigenvalue weighted by Crippen LogP contribution is 2.27. The minimum Gasteiger partial charge on any atom is -0.336 e. The van der Waals surface area contributed by atoms with E-state index in [9.17, 15) is 8.42 Å². The van der Waals surface area contributed by atoms with Gasteiger partial charge < -0.3 is 4.57 Å². The van der Waals surface area contributed by atoms with Crippen LogP contribution in [0.4, 0.5) is 0 Å². The van der Waals surface area contributed by atoms with Crippen molar-refractivity contribution in [2.75, 3.05) is 0 Å². The predicted molar refractivity (Wildman–Crippen MR) is 126 cm³/mol. The number of hydrogen-bond acceptors (Lipinski definition) is 3. The molecule has 7 heteroatoms. The first-order chi connectivity index (χ1) is 15.1. The van der Waals surface area contributed by atoms with Crippen molar-refractivity contribution in [1.29, 1.82) is 0 Å². The molecule has 0 saturated carbocycles. The van der Waals surface area contributed by atoms with Crippen molar-refractivity contribution in [1.82, 2.24) is 9.55 Å². The molecular weight excluding hydrogens is 448 g/mol. The second kappa shape index (κ2) is 10.2. The number of imidazole rings is 1. The minimum atomic E-state index is -1.25. The van der Waals surface area contributed by atoms with Crippen LogP contribution >= 0.6 is 11.6 Å². The van der Waals surface area contributed by atoms with E-state index in [-0.39, 0.29) is 5.25 Å². The first kappa shape index (κ1) is 21.7. The molecule has 4 nitrogen and oxygen atoms in total. The smallest absolute Gasteiger partial charge is 0.0946 e. The summed E-state index contributed by atoms with van der Waals surface area (Å²) in [4.78, 5) is 5.58. The Kier molecular flexibility index (Phi) is 7.12. The average molecular weight is 469 g/mol. The molecule has 0 N–H and O–H groups in total. The lowest BCUT2D eigenvalue weighted by Crippen LogP contribution is -2.15. The van der Waals surface area contributed by atoms with Crippen LogP contribution in [0, 0.1) is 0 Å². The number of hydrogen-bond donors (Lipinski definition) is 0. The van der Waals surface area contributed by atoms with Crippen molar-refractivity contribution in [2.45, 2.75) is 27.3 Å². The maximum absolute atomic E-state index is 13.3. The van der Waals surface area contributed by atoms with Crippen molar-refractivity contribution >= 4 is 33.2 Å². The maximum atomic E-state index is 13.3. The van der Waals surface area contributed by atoms with Crippen molar-refractivity contribution in [3.63, 3.8) is 0 Å². The van der Waals surface area contributed by atoms with E-state index < -0.39 is 21.6 Å². The molecular formula is C24H21ClN2O2S2. The van der Waals surface area contributed by atoms with E-state index in [1.807, 2.05) is 89.6 Å². The monoisotopic (exact) mass is 468 g/mol. The fourth-order valence-corrected chi connectivity index (χ4v) is 5.97. The Morgan fingerprint density at radius 2 is 1.55 bits per heavy atom. The van der Waals surface area contributed by atoms with Gasteiger partial charge in [0, 0.05) is 50.3 Å². The molecule has 1 heterocycles. The van der Waals surface area contributed by atoms with Crippen LogP contribution < -0.4 is 0 Å². The van der Waals surface area contributed by atoms with E-state index >= 15 is 0 Å². The van der Waals surface area contributed by atoms with Gasteiger partial charge in [0.2, 0.25) is 0 Å². The van der Waals surface area contributed by atoms with Gasteiger partial charge in [-0.15, -0.1) is 0 Å². The number of aromatic nitrogens is 2. The van der Waals surface area contributed by atoms with E-state index in [0.29, 0.717) is 17.3 Å². The lowest BCUT2D eigenvalue weighted by Gasteiger charge is -2.18. The molecule has 31 heavy (non-hydrogen) atoms. The van der Waals surface area contributed by atoms with E-state index in [1.54, 1.807) is 12.5 Å². The Labute approximate surface area is 191 Å². The van der Waals surface area contributed by atoms with Crippen LogP contribution in [0.3, 0.4) is 0 Å². The van der Waals surface area contributed by atoms with Gasteiger partial charge in [0.15, 0.2) is 0 Å². The van der Waals surface area contributed by atoms with Crippen LogP contribution in [0.5, 0.6) is 0 Å². The molecule has 0 radical (unpaired) electrons. The molecule has 4 aromatic rings. The minimum absolute atomic E-state index is 0.232. The highest BCUT2D eigenvalue weighted by molar-refractivity contribution is 7.85. The zero-order valence-electron chi connectivity index (χ0n) is 16.6. The van der Waals surface area contributed by atoms with Gasteiger partial charge in [-0.2, -0.15) is 0 Å². The zero-order valence-corrected chi connectivity index (χ0v) is 19.0. The fraction of sp³-hybridized carbons (Fsp3) is 0.125. The van der Waals surface area contributed by atoms with Crippen molar-refractivity contribution < 1.29 is 8.42 Å². The standard InChI is InChI=1S/C24H21ClN2O2S2/c25-21-10-6-19(7-11-21)17-30(28)24(16-27-15-14-26-18-27)20-8-12-23(13-9-20)31(29)22-4-2-1-3-5-22/h1-15,18,24H,16-17H2. The third-order valence-corrected chi connectivity index (χ3v) is 8.22. The molecule has 3 atom stereocenters. The summed E-state index contributed by atoms with van der Waals surface area (Å²) in [6, 6.07) is 24.4. The summed E-state index contributed by atoms with van der Waals surface area (Å²) in [6.07, 6.45) is 5.31. The third-order valence-electron chi connectivity index (χ3n) is 4.90. The molecule has 4 rings (SSSR count). The summed E-state index contributed by atoms with van der Waals surface area (Å²) in [7, 11) is -2.42. The molecule has 1 aromatic heterocycles.